The van der Waals surface area contributed by atoms with Gasteiger partial charge < -0.3 is 65.1 Å². The first kappa shape index (κ1) is 77.8. The van der Waals surface area contributed by atoms with Crippen molar-refractivity contribution in [3.05, 3.63) is 12.2 Å². The van der Waals surface area contributed by atoms with Crippen LogP contribution in [-0.4, -0.2) is 140 Å². The van der Waals surface area contributed by atoms with Crippen LogP contribution in [0, 0.1) is 0 Å². The molecule has 83 heavy (non-hydrogen) atoms. The maximum Gasteiger partial charge on any atom is 0.220 e. The molecule has 2 heterocycles. The molecular weight excluding hydrogens is 1050 g/mol. The summed E-state index contributed by atoms with van der Waals surface area (Å²) in [5, 5.41) is 87.3. The van der Waals surface area contributed by atoms with Gasteiger partial charge in [0.15, 0.2) is 12.6 Å². The quantitative estimate of drug-likeness (QED) is 0.0204. The van der Waals surface area contributed by atoms with Crippen LogP contribution in [0.25, 0.3) is 0 Å². The van der Waals surface area contributed by atoms with Gasteiger partial charge >= 0.3 is 0 Å². The Morgan fingerprint density at radius 3 is 1.11 bits per heavy atom. The standard InChI is InChI=1S/C69H133NO13/c1-3-5-7-9-11-13-15-17-19-21-22-23-24-25-26-27-28-29-30-31-32-33-34-35-36-37-39-41-43-45-47-49-51-53-61(74)70-57(58(73)52-50-48-46-44-42-40-38-20-18-16-14-12-10-8-6-4-2)56-80-68-66(79)64(77)67(60(55-72)82-68)83-69-65(78)63(76)62(75)59(54-71)81-69/h50,52,57-60,62-69,71-73,75-79H,3-49,51,53-56H2,1-2H3,(H,70,74)/b52-50+/t57-,58+,59+,60+,62-,63?,64?,65?,66?,67+,68+,69-/m0/s1. The first-order chi connectivity index (χ1) is 40.6. The van der Waals surface area contributed by atoms with Gasteiger partial charge in [0.2, 0.25) is 5.91 Å². The minimum atomic E-state index is -1.79. The third-order valence-electron chi connectivity index (χ3n) is 17.7. The molecule has 0 spiro atoms. The summed E-state index contributed by atoms with van der Waals surface area (Å²) in [5.41, 5.74) is 0. The van der Waals surface area contributed by atoms with Crippen molar-refractivity contribution in [1.82, 2.24) is 5.32 Å². The van der Waals surface area contributed by atoms with E-state index in [2.05, 4.69) is 19.2 Å². The maximum atomic E-state index is 13.3. The summed E-state index contributed by atoms with van der Waals surface area (Å²) >= 11 is 0. The molecule has 0 radical (unpaired) electrons. The number of carbonyl (C=O) groups excluding carboxylic acids is 1. The van der Waals surface area contributed by atoms with E-state index in [9.17, 15) is 45.6 Å². The highest BCUT2D eigenvalue weighted by Gasteiger charge is 2.51. The van der Waals surface area contributed by atoms with E-state index in [-0.39, 0.29) is 18.9 Å². The van der Waals surface area contributed by atoms with Crippen LogP contribution < -0.4 is 5.32 Å². The first-order valence-corrected chi connectivity index (χ1v) is 35.4. The fourth-order valence-electron chi connectivity index (χ4n) is 12.1. The van der Waals surface area contributed by atoms with Gasteiger partial charge in [-0.25, -0.2) is 0 Å². The predicted octanol–water partition coefficient (Wildman–Crippen LogP) is 14.2. The van der Waals surface area contributed by atoms with Gasteiger partial charge in [-0.05, 0) is 19.3 Å². The zero-order chi connectivity index (χ0) is 60.2. The van der Waals surface area contributed by atoms with Crippen LogP contribution in [0.5, 0.6) is 0 Å². The van der Waals surface area contributed by atoms with E-state index < -0.39 is 86.8 Å². The Bertz CT molecular complexity index is 1440. The Hall–Kier alpha value is -1.27. The van der Waals surface area contributed by atoms with Crippen molar-refractivity contribution in [3.8, 4) is 0 Å². The van der Waals surface area contributed by atoms with Crippen molar-refractivity contribution in [3.63, 3.8) is 0 Å². The van der Waals surface area contributed by atoms with E-state index in [1.54, 1.807) is 6.08 Å². The lowest BCUT2D eigenvalue weighted by Crippen LogP contribution is -2.65. The molecule has 14 nitrogen and oxygen atoms in total. The second-order valence-electron chi connectivity index (χ2n) is 25.4. The van der Waals surface area contributed by atoms with Gasteiger partial charge in [0, 0.05) is 6.42 Å². The molecule has 0 bridgehead atoms. The number of aliphatic hydroxyl groups excluding tert-OH is 8. The van der Waals surface area contributed by atoms with Crippen LogP contribution in [-0.2, 0) is 23.7 Å². The Labute approximate surface area is 507 Å². The number of ether oxygens (including phenoxy) is 4. The molecule has 2 aliphatic heterocycles. The fourth-order valence-corrected chi connectivity index (χ4v) is 12.1. The predicted molar refractivity (Wildman–Crippen MR) is 337 cm³/mol. The second kappa shape index (κ2) is 54.8. The number of carbonyl (C=O) groups is 1. The lowest BCUT2D eigenvalue weighted by molar-refractivity contribution is -0.359. The molecular formula is C69H133NO13. The summed E-state index contributed by atoms with van der Waals surface area (Å²) in [4.78, 5) is 13.3. The number of rotatable bonds is 59. The molecule has 9 N–H and O–H groups in total. The lowest BCUT2D eigenvalue weighted by atomic mass is 9.97. The number of unbranched alkanes of at least 4 members (excludes halogenated alkanes) is 46. The normalized spacial score (nSPS) is 23.8. The molecule has 12 atom stereocenters. The molecule has 0 aliphatic carbocycles. The highest BCUT2D eigenvalue weighted by Crippen LogP contribution is 2.30. The Balaban J connectivity index is 1.61. The minimum Gasteiger partial charge on any atom is -0.394 e. The third kappa shape index (κ3) is 39.4. The number of amides is 1. The number of allylic oxidation sites excluding steroid dienone is 1. The summed E-state index contributed by atoms with van der Waals surface area (Å²) < 4.78 is 22.8. The van der Waals surface area contributed by atoms with Gasteiger partial charge in [0.05, 0.1) is 32.0 Å². The summed E-state index contributed by atoms with van der Waals surface area (Å²) in [6, 6.07) is -0.910. The fraction of sp³-hybridized carbons (Fsp3) is 0.957. The van der Waals surface area contributed by atoms with Gasteiger partial charge in [-0.1, -0.05) is 315 Å². The van der Waals surface area contributed by atoms with Gasteiger partial charge in [-0.2, -0.15) is 0 Å². The summed E-state index contributed by atoms with van der Waals surface area (Å²) in [6.45, 7) is 2.85. The molecule has 0 saturated carbocycles. The molecule has 0 aromatic rings. The largest absolute Gasteiger partial charge is 0.394 e. The smallest absolute Gasteiger partial charge is 0.220 e. The number of aliphatic hydroxyl groups is 8. The molecule has 0 aromatic carbocycles. The highest BCUT2D eigenvalue weighted by molar-refractivity contribution is 5.76. The Kier molecular flexibility index (Phi) is 51.4. The van der Waals surface area contributed by atoms with E-state index in [1.165, 1.54) is 263 Å². The number of hydrogen-bond donors (Lipinski definition) is 9. The molecule has 14 heteroatoms. The molecule has 2 aliphatic rings. The van der Waals surface area contributed by atoms with Crippen molar-refractivity contribution in [2.75, 3.05) is 19.8 Å². The van der Waals surface area contributed by atoms with E-state index in [0.29, 0.717) is 6.42 Å². The molecule has 2 fully saturated rings. The van der Waals surface area contributed by atoms with Crippen LogP contribution in [0.15, 0.2) is 12.2 Å². The van der Waals surface area contributed by atoms with Crippen LogP contribution in [0.4, 0.5) is 0 Å². The molecule has 2 saturated heterocycles. The zero-order valence-electron chi connectivity index (χ0n) is 53.5. The molecule has 1 amide bonds. The van der Waals surface area contributed by atoms with Gasteiger partial charge in [0.25, 0.3) is 0 Å². The SMILES string of the molecule is CCCCCCCCCCCCCCCC/C=C/[C@@H](O)[C@H](CO[C@@H]1O[C@H](CO)[C@@H](O[C@@H]2O[C@H](CO)[C@H](O)C(O)C2O)C(O)C1O)NC(=O)CCCCCCCCCCCCCCCCCCCCCCCCCCCCCCCCCCC. The van der Waals surface area contributed by atoms with Gasteiger partial charge in [-0.3, -0.25) is 4.79 Å². The second-order valence-corrected chi connectivity index (χ2v) is 25.4. The summed E-state index contributed by atoms with van der Waals surface area (Å²) in [5.74, 6) is -0.231. The van der Waals surface area contributed by atoms with Crippen molar-refractivity contribution < 1.29 is 64.6 Å². The van der Waals surface area contributed by atoms with Crippen LogP contribution in [0.1, 0.15) is 328 Å². The van der Waals surface area contributed by atoms with E-state index in [1.807, 2.05) is 6.08 Å². The maximum absolute atomic E-state index is 13.3. The Morgan fingerprint density at radius 2 is 0.747 bits per heavy atom. The number of hydrogen-bond acceptors (Lipinski definition) is 13. The van der Waals surface area contributed by atoms with Crippen molar-refractivity contribution in [2.24, 2.45) is 0 Å². The number of nitrogens with one attached hydrogen (secondary N) is 1. The average Bonchev–Trinajstić information content (AvgIpc) is 3.65. The molecule has 4 unspecified atom stereocenters. The van der Waals surface area contributed by atoms with E-state index in [4.69, 9.17) is 18.9 Å². The monoisotopic (exact) mass is 1180 g/mol. The first-order valence-electron chi connectivity index (χ1n) is 35.4. The van der Waals surface area contributed by atoms with Crippen molar-refractivity contribution in [1.29, 1.82) is 0 Å². The van der Waals surface area contributed by atoms with Crippen molar-refractivity contribution in [2.45, 2.75) is 402 Å². The van der Waals surface area contributed by atoms with Crippen molar-refractivity contribution >= 4 is 5.91 Å². The minimum absolute atomic E-state index is 0.231. The highest BCUT2D eigenvalue weighted by atomic mass is 16.7. The lowest BCUT2D eigenvalue weighted by Gasteiger charge is -2.46. The third-order valence-corrected chi connectivity index (χ3v) is 17.7. The molecule has 492 valence electrons. The summed E-state index contributed by atoms with van der Waals surface area (Å²) in [7, 11) is 0. The summed E-state index contributed by atoms with van der Waals surface area (Å²) in [6.07, 6.45) is 50.0. The Morgan fingerprint density at radius 1 is 0.422 bits per heavy atom. The molecule has 0 aromatic heterocycles. The van der Waals surface area contributed by atoms with Crippen LogP contribution in [0.3, 0.4) is 0 Å². The average molecular weight is 1180 g/mol. The zero-order valence-corrected chi connectivity index (χ0v) is 53.5. The van der Waals surface area contributed by atoms with Crippen LogP contribution in [0.2, 0.25) is 0 Å². The van der Waals surface area contributed by atoms with Crippen LogP contribution >= 0.6 is 0 Å². The topological polar surface area (TPSA) is 228 Å². The van der Waals surface area contributed by atoms with Gasteiger partial charge in [-0.15, -0.1) is 0 Å². The van der Waals surface area contributed by atoms with Gasteiger partial charge in [0.1, 0.15) is 48.8 Å². The molecule has 2 rings (SSSR count). The van der Waals surface area contributed by atoms with E-state index in [0.717, 1.165) is 38.5 Å². The van der Waals surface area contributed by atoms with E-state index >= 15 is 0 Å².